The van der Waals surface area contributed by atoms with E-state index in [1.165, 1.54) is 40.4 Å². The summed E-state index contributed by atoms with van der Waals surface area (Å²) in [6.45, 7) is 4.08. The van der Waals surface area contributed by atoms with E-state index in [9.17, 15) is 9.59 Å². The number of nitrogens with zero attached hydrogens (tertiary/aromatic N) is 2. The third-order valence-electron chi connectivity index (χ3n) is 3.32. The maximum Gasteiger partial charge on any atom is 0.230 e. The van der Waals surface area contributed by atoms with Crippen LogP contribution in [0.2, 0.25) is 0 Å². The molecule has 134 valence electrons. The van der Waals surface area contributed by atoms with Gasteiger partial charge in [0.05, 0.1) is 17.5 Å². The quantitative estimate of drug-likeness (QED) is 0.632. The topological polar surface area (TPSA) is 98.0 Å². The first-order chi connectivity index (χ1) is 12.0. The number of carbonyl (C=O) groups excluding carboxylic acids is 2. The third kappa shape index (κ3) is 6.68. The molecular weight excluding hydrogens is 376 g/mol. The van der Waals surface area contributed by atoms with Gasteiger partial charge < -0.3 is 11.1 Å². The predicted octanol–water partition coefficient (Wildman–Crippen LogP) is 2.65. The molecule has 0 radical (unpaired) electrons. The number of thioether (sulfide) groups is 2. The fourth-order valence-electron chi connectivity index (χ4n) is 1.98. The van der Waals surface area contributed by atoms with E-state index in [1.807, 2.05) is 19.1 Å². The van der Waals surface area contributed by atoms with Crippen LogP contribution in [0.1, 0.15) is 31.0 Å². The molecule has 1 aromatic heterocycles. The fourth-order valence-corrected chi connectivity index (χ4v) is 4.55. The molecule has 0 aliphatic carbocycles. The molecule has 0 aliphatic heterocycles. The Labute approximate surface area is 159 Å². The van der Waals surface area contributed by atoms with Crippen LogP contribution in [0.5, 0.6) is 0 Å². The second-order valence-corrected chi connectivity index (χ2v) is 8.68. The van der Waals surface area contributed by atoms with Crippen LogP contribution in [-0.4, -0.2) is 33.5 Å². The van der Waals surface area contributed by atoms with E-state index in [-0.39, 0.29) is 23.5 Å². The van der Waals surface area contributed by atoms with Crippen molar-refractivity contribution in [1.82, 2.24) is 15.5 Å². The minimum absolute atomic E-state index is 0.0462. The van der Waals surface area contributed by atoms with Crippen molar-refractivity contribution in [2.45, 2.75) is 35.0 Å². The predicted molar refractivity (Wildman–Crippen MR) is 103 cm³/mol. The van der Waals surface area contributed by atoms with Crippen LogP contribution in [0.4, 0.5) is 0 Å². The molecule has 1 unspecified atom stereocenters. The molecule has 1 heterocycles. The summed E-state index contributed by atoms with van der Waals surface area (Å²) < 4.78 is 1.37. The van der Waals surface area contributed by atoms with Crippen LogP contribution in [0, 0.1) is 0 Å². The zero-order chi connectivity index (χ0) is 18.2. The first-order valence-corrected chi connectivity index (χ1v) is 10.5. The summed E-state index contributed by atoms with van der Waals surface area (Å²) in [6, 6.07) is 8.21. The Morgan fingerprint density at radius 2 is 1.76 bits per heavy atom. The molecule has 0 fully saturated rings. The number of nitrogens with one attached hydrogen (secondary N) is 1. The lowest BCUT2D eigenvalue weighted by Crippen LogP contribution is -2.28. The van der Waals surface area contributed by atoms with Crippen LogP contribution < -0.4 is 11.1 Å². The number of nitrogens with two attached hydrogens (primary N) is 1. The standard InChI is InChI=1S/C16H20N4O2S3/c1-3-11-4-6-12(7-5-11)10(2)18-14(22)9-24-16-20-19-15(25-16)23-8-13(17)21/h4-7,10H,3,8-9H2,1-2H3,(H2,17,21)(H,18,22). The van der Waals surface area contributed by atoms with Crippen molar-refractivity contribution in [3.63, 3.8) is 0 Å². The summed E-state index contributed by atoms with van der Waals surface area (Å²) in [5.41, 5.74) is 7.45. The Morgan fingerprint density at radius 3 is 2.32 bits per heavy atom. The molecule has 2 aromatic rings. The Kier molecular flexibility index (Phi) is 7.73. The summed E-state index contributed by atoms with van der Waals surface area (Å²) in [5, 5.41) is 10.9. The molecule has 0 bridgehead atoms. The summed E-state index contributed by atoms with van der Waals surface area (Å²) in [6.07, 6.45) is 0.999. The Bertz CT molecular complexity index is 718. The molecule has 25 heavy (non-hydrogen) atoms. The molecule has 2 amide bonds. The highest BCUT2D eigenvalue weighted by molar-refractivity contribution is 8.03. The zero-order valence-corrected chi connectivity index (χ0v) is 16.5. The average Bonchev–Trinajstić information content (AvgIpc) is 3.06. The minimum atomic E-state index is -0.394. The van der Waals surface area contributed by atoms with Crippen molar-refractivity contribution in [1.29, 1.82) is 0 Å². The lowest BCUT2D eigenvalue weighted by Gasteiger charge is -2.14. The van der Waals surface area contributed by atoms with Gasteiger partial charge in [0, 0.05) is 0 Å². The number of aromatic nitrogens is 2. The van der Waals surface area contributed by atoms with E-state index in [1.54, 1.807) is 0 Å². The number of hydrogen-bond donors (Lipinski definition) is 2. The van der Waals surface area contributed by atoms with Crippen molar-refractivity contribution >= 4 is 46.7 Å². The second-order valence-electron chi connectivity index (χ2n) is 5.26. The SMILES string of the molecule is CCc1ccc(C(C)NC(=O)CSc2nnc(SCC(N)=O)s2)cc1. The highest BCUT2D eigenvalue weighted by Gasteiger charge is 2.12. The van der Waals surface area contributed by atoms with E-state index >= 15 is 0 Å². The first-order valence-electron chi connectivity index (χ1n) is 7.73. The van der Waals surface area contributed by atoms with Gasteiger partial charge in [-0.15, -0.1) is 10.2 Å². The van der Waals surface area contributed by atoms with Gasteiger partial charge >= 0.3 is 0 Å². The zero-order valence-electron chi connectivity index (χ0n) is 14.0. The van der Waals surface area contributed by atoms with Gasteiger partial charge in [0.1, 0.15) is 0 Å². The lowest BCUT2D eigenvalue weighted by atomic mass is 10.1. The van der Waals surface area contributed by atoms with Gasteiger partial charge in [-0.3, -0.25) is 9.59 Å². The van der Waals surface area contributed by atoms with E-state index in [2.05, 4.69) is 34.6 Å². The van der Waals surface area contributed by atoms with Crippen molar-refractivity contribution in [3.8, 4) is 0 Å². The summed E-state index contributed by atoms with van der Waals surface area (Å²) in [4.78, 5) is 22.9. The van der Waals surface area contributed by atoms with Crippen LogP contribution in [0.15, 0.2) is 32.9 Å². The molecule has 1 aromatic carbocycles. The normalized spacial score (nSPS) is 11.9. The van der Waals surface area contributed by atoms with E-state index in [4.69, 9.17) is 5.73 Å². The van der Waals surface area contributed by atoms with Gasteiger partial charge in [0.2, 0.25) is 11.8 Å². The largest absolute Gasteiger partial charge is 0.369 e. The molecule has 2 rings (SSSR count). The minimum Gasteiger partial charge on any atom is -0.369 e. The van der Waals surface area contributed by atoms with Gasteiger partial charge in [-0.05, 0) is 24.5 Å². The Morgan fingerprint density at radius 1 is 1.16 bits per heavy atom. The van der Waals surface area contributed by atoms with Crippen molar-refractivity contribution in [2.24, 2.45) is 5.73 Å². The number of primary amides is 1. The van der Waals surface area contributed by atoms with Crippen LogP contribution in [-0.2, 0) is 16.0 Å². The fraction of sp³-hybridized carbons (Fsp3) is 0.375. The maximum atomic E-state index is 12.1. The molecule has 6 nitrogen and oxygen atoms in total. The Balaban J connectivity index is 1.78. The van der Waals surface area contributed by atoms with E-state index in [0.29, 0.717) is 8.68 Å². The number of aryl methyl sites for hydroxylation is 1. The van der Waals surface area contributed by atoms with Gasteiger partial charge in [-0.1, -0.05) is 66.0 Å². The number of carbonyl (C=O) groups is 2. The number of amides is 2. The molecule has 0 aliphatic rings. The second kappa shape index (κ2) is 9.79. The molecule has 9 heteroatoms. The van der Waals surface area contributed by atoms with Crippen molar-refractivity contribution < 1.29 is 9.59 Å². The highest BCUT2D eigenvalue weighted by Crippen LogP contribution is 2.28. The monoisotopic (exact) mass is 396 g/mol. The van der Waals surface area contributed by atoms with E-state index in [0.717, 1.165) is 12.0 Å². The van der Waals surface area contributed by atoms with E-state index < -0.39 is 5.91 Å². The summed E-state index contributed by atoms with van der Waals surface area (Å²) >= 11 is 3.93. The molecule has 3 N–H and O–H groups in total. The van der Waals surface area contributed by atoms with Gasteiger partial charge in [0.15, 0.2) is 8.68 Å². The number of hydrogen-bond acceptors (Lipinski definition) is 7. The smallest absolute Gasteiger partial charge is 0.230 e. The number of rotatable bonds is 9. The van der Waals surface area contributed by atoms with Crippen LogP contribution in [0.25, 0.3) is 0 Å². The molecular formula is C16H20N4O2S3. The van der Waals surface area contributed by atoms with Crippen molar-refractivity contribution in [3.05, 3.63) is 35.4 Å². The molecule has 0 saturated carbocycles. The summed E-state index contributed by atoms with van der Waals surface area (Å²) in [7, 11) is 0. The van der Waals surface area contributed by atoms with Gasteiger partial charge in [-0.2, -0.15) is 0 Å². The van der Waals surface area contributed by atoms with Gasteiger partial charge in [-0.25, -0.2) is 0 Å². The molecule has 1 atom stereocenters. The maximum absolute atomic E-state index is 12.1. The first kappa shape index (κ1) is 19.7. The number of benzene rings is 1. The molecule has 0 saturated heterocycles. The van der Waals surface area contributed by atoms with Gasteiger partial charge in [0.25, 0.3) is 0 Å². The average molecular weight is 397 g/mol. The molecule has 0 spiro atoms. The summed E-state index contributed by atoms with van der Waals surface area (Å²) in [5.74, 6) is -0.00554. The Hall–Kier alpha value is -1.58. The van der Waals surface area contributed by atoms with Crippen LogP contribution >= 0.6 is 34.9 Å². The van der Waals surface area contributed by atoms with Crippen molar-refractivity contribution in [2.75, 3.05) is 11.5 Å². The van der Waals surface area contributed by atoms with Crippen LogP contribution in [0.3, 0.4) is 0 Å². The third-order valence-corrected chi connectivity index (χ3v) is 6.53. The highest BCUT2D eigenvalue weighted by atomic mass is 32.2. The lowest BCUT2D eigenvalue weighted by molar-refractivity contribution is -0.119.